The molecular formula is C18H18FN2O5PS2. The molecule has 0 aliphatic carbocycles. The minimum Gasteiger partial charge on any atom is -0.491 e. The lowest BCUT2D eigenvalue weighted by atomic mass is 10.1. The van der Waals surface area contributed by atoms with E-state index in [0.29, 0.717) is 17.7 Å². The zero-order valence-corrected chi connectivity index (χ0v) is 18.0. The minimum atomic E-state index is -4.30. The third kappa shape index (κ3) is 5.94. The van der Waals surface area contributed by atoms with Crippen LogP contribution in [-0.4, -0.2) is 26.8 Å². The highest BCUT2D eigenvalue weighted by molar-refractivity contribution is 7.67. The molecule has 0 spiro atoms. The van der Waals surface area contributed by atoms with Gasteiger partial charge in [-0.2, -0.15) is 4.39 Å². The van der Waals surface area contributed by atoms with Crippen LogP contribution >= 0.6 is 30.3 Å². The number of nitrogens with one attached hydrogen (secondary N) is 1. The molecule has 2 heterocycles. The molecule has 2 aromatic heterocycles. The first-order valence-corrected chi connectivity index (χ1v) is 11.7. The fourth-order valence-electron chi connectivity index (χ4n) is 2.53. The quantitative estimate of drug-likeness (QED) is 0.467. The summed E-state index contributed by atoms with van der Waals surface area (Å²) in [6.07, 6.45) is 1.28. The topological polar surface area (TPSA) is 109 Å². The number of hydrogen-bond donors (Lipinski definition) is 3. The summed E-state index contributed by atoms with van der Waals surface area (Å²) in [7, 11) is -4.30. The van der Waals surface area contributed by atoms with Gasteiger partial charge in [0.2, 0.25) is 0 Å². The van der Waals surface area contributed by atoms with Crippen LogP contribution in [-0.2, 0) is 11.0 Å². The monoisotopic (exact) mass is 456 g/mol. The van der Waals surface area contributed by atoms with Crippen molar-refractivity contribution in [1.29, 1.82) is 0 Å². The van der Waals surface area contributed by atoms with Gasteiger partial charge in [0, 0.05) is 16.9 Å². The molecule has 0 unspecified atom stereocenters. The minimum absolute atomic E-state index is 0.00847. The maximum Gasteiger partial charge on any atom is 0.366 e. The highest BCUT2D eigenvalue weighted by atomic mass is 32.1. The second-order valence-corrected chi connectivity index (χ2v) is 10.4. The van der Waals surface area contributed by atoms with Gasteiger partial charge < -0.3 is 14.5 Å². The van der Waals surface area contributed by atoms with E-state index < -0.39 is 18.6 Å². The van der Waals surface area contributed by atoms with Crippen LogP contribution < -0.4 is 14.7 Å². The fraction of sp³-hybridized carbons (Fsp3) is 0.222. The predicted octanol–water partition coefficient (Wildman–Crippen LogP) is 3.78. The van der Waals surface area contributed by atoms with Gasteiger partial charge in [-0.25, -0.2) is 4.98 Å². The van der Waals surface area contributed by atoms with Gasteiger partial charge in [-0.3, -0.25) is 14.7 Å². The maximum absolute atomic E-state index is 13.1. The maximum atomic E-state index is 13.1. The number of benzene rings is 1. The molecule has 0 aliphatic rings. The highest BCUT2D eigenvalue weighted by Crippen LogP contribution is 2.36. The number of thiophene rings is 1. The Hall–Kier alpha value is -2.10. The summed E-state index contributed by atoms with van der Waals surface area (Å²) < 4.78 is 30.2. The summed E-state index contributed by atoms with van der Waals surface area (Å²) in [6, 6.07) is 8.06. The Morgan fingerprint density at radius 3 is 2.62 bits per heavy atom. The molecule has 0 aliphatic heterocycles. The number of amides is 1. The van der Waals surface area contributed by atoms with Gasteiger partial charge in [0.1, 0.15) is 10.4 Å². The molecule has 0 bridgehead atoms. The molecular weight excluding hydrogens is 438 g/mol. The molecule has 1 amide bonds. The zero-order chi connectivity index (χ0) is 21.2. The van der Waals surface area contributed by atoms with Crippen LogP contribution in [0, 0.1) is 5.13 Å². The molecule has 11 heteroatoms. The normalized spacial score (nSPS) is 11.7. The smallest absolute Gasteiger partial charge is 0.366 e. The van der Waals surface area contributed by atoms with Crippen molar-refractivity contribution < 1.29 is 28.3 Å². The Labute approximate surface area is 174 Å². The first-order valence-electron chi connectivity index (χ1n) is 8.48. The summed E-state index contributed by atoms with van der Waals surface area (Å²) >= 11 is 1.74. The largest absolute Gasteiger partial charge is 0.491 e. The molecule has 1 aromatic carbocycles. The summed E-state index contributed by atoms with van der Waals surface area (Å²) in [4.78, 5) is 35.7. The Morgan fingerprint density at radius 1 is 1.28 bits per heavy atom. The van der Waals surface area contributed by atoms with Crippen LogP contribution in [0.25, 0.3) is 0 Å². The van der Waals surface area contributed by atoms with Crippen LogP contribution in [0.3, 0.4) is 0 Å². The second kappa shape index (κ2) is 8.73. The second-order valence-electron chi connectivity index (χ2n) is 6.42. The molecule has 0 fully saturated rings. The summed E-state index contributed by atoms with van der Waals surface area (Å²) in [5.41, 5.74) is 1.04. The van der Waals surface area contributed by atoms with Crippen LogP contribution in [0.5, 0.6) is 5.75 Å². The number of ether oxygens (including phenoxy) is 1. The number of carbonyl (C=O) groups is 1. The van der Waals surface area contributed by atoms with Crippen molar-refractivity contribution in [3.05, 3.63) is 57.7 Å². The van der Waals surface area contributed by atoms with E-state index in [4.69, 9.17) is 4.74 Å². The van der Waals surface area contributed by atoms with E-state index in [2.05, 4.69) is 10.3 Å². The standard InChI is InChI=1S/C18H18FN2O5PS2/c1-10(2)26-13-6-11(7-14-3-4-16(28-14)27(23,24)25)5-12(8-13)17(22)21-18-20-9-15(19)29-18/h3-6,8-10H,7H2,1-2H3,(H,20,21,22)(H2,23,24,25). The highest BCUT2D eigenvalue weighted by Gasteiger charge is 2.20. The number of hydrogen-bond acceptors (Lipinski definition) is 6. The molecule has 0 atom stereocenters. The van der Waals surface area contributed by atoms with E-state index in [-0.39, 0.29) is 15.9 Å². The molecule has 0 saturated heterocycles. The van der Waals surface area contributed by atoms with Gasteiger partial charge in [-0.05, 0) is 49.7 Å². The van der Waals surface area contributed by atoms with Gasteiger partial charge in [-0.1, -0.05) is 11.3 Å². The zero-order valence-electron chi connectivity index (χ0n) is 15.5. The van der Waals surface area contributed by atoms with Gasteiger partial charge in [0.25, 0.3) is 5.91 Å². The summed E-state index contributed by atoms with van der Waals surface area (Å²) in [5.74, 6) is 0.0247. The van der Waals surface area contributed by atoms with Crippen molar-refractivity contribution in [1.82, 2.24) is 4.98 Å². The van der Waals surface area contributed by atoms with Crippen LogP contribution in [0.1, 0.15) is 34.6 Å². The number of carbonyl (C=O) groups excluding carboxylic acids is 1. The lowest BCUT2D eigenvalue weighted by molar-refractivity contribution is 0.102. The number of nitrogens with zero attached hydrogens (tertiary/aromatic N) is 1. The number of halogens is 1. The van der Waals surface area contributed by atoms with Crippen molar-refractivity contribution in [2.45, 2.75) is 26.4 Å². The van der Waals surface area contributed by atoms with Crippen LogP contribution in [0.2, 0.25) is 0 Å². The lowest BCUT2D eigenvalue weighted by Crippen LogP contribution is -2.13. The number of thiazole rings is 1. The van der Waals surface area contributed by atoms with Gasteiger partial charge in [-0.15, -0.1) is 11.3 Å². The average molecular weight is 456 g/mol. The molecule has 154 valence electrons. The third-order valence-electron chi connectivity index (χ3n) is 3.61. The molecule has 29 heavy (non-hydrogen) atoms. The molecule has 3 aromatic rings. The van der Waals surface area contributed by atoms with E-state index in [9.17, 15) is 23.5 Å². The molecule has 3 N–H and O–H groups in total. The third-order valence-corrected chi connectivity index (χ3v) is 6.91. The first-order chi connectivity index (χ1) is 13.6. The molecule has 3 rings (SSSR count). The van der Waals surface area contributed by atoms with Gasteiger partial charge >= 0.3 is 7.60 Å². The Kier molecular flexibility index (Phi) is 6.50. The van der Waals surface area contributed by atoms with Crippen LogP contribution in [0.4, 0.5) is 9.52 Å². The van der Waals surface area contributed by atoms with Crippen molar-refractivity contribution >= 4 is 45.9 Å². The first kappa shape index (κ1) is 21.6. The van der Waals surface area contributed by atoms with E-state index in [1.165, 1.54) is 6.07 Å². The SMILES string of the molecule is CC(C)Oc1cc(Cc2ccc(P(=O)(O)O)s2)cc(C(=O)Nc2ncc(F)s2)c1. The van der Waals surface area contributed by atoms with Gasteiger partial charge in [0.05, 0.1) is 12.3 Å². The fourth-order valence-corrected chi connectivity index (χ4v) is 4.95. The lowest BCUT2D eigenvalue weighted by Gasteiger charge is -2.13. The van der Waals surface area contributed by atoms with Crippen molar-refractivity contribution in [2.75, 3.05) is 5.32 Å². The number of aromatic nitrogens is 1. The molecule has 0 radical (unpaired) electrons. The van der Waals surface area contributed by atoms with E-state index in [1.807, 2.05) is 13.8 Å². The van der Waals surface area contributed by atoms with E-state index >= 15 is 0 Å². The summed E-state index contributed by atoms with van der Waals surface area (Å²) in [5, 5.41) is 2.19. The van der Waals surface area contributed by atoms with E-state index in [0.717, 1.165) is 39.3 Å². The van der Waals surface area contributed by atoms with Gasteiger partial charge in [0.15, 0.2) is 10.3 Å². The van der Waals surface area contributed by atoms with Crippen molar-refractivity contribution in [3.8, 4) is 5.75 Å². The predicted molar refractivity (Wildman–Crippen MR) is 111 cm³/mol. The van der Waals surface area contributed by atoms with E-state index in [1.54, 1.807) is 24.3 Å². The average Bonchev–Trinajstić information content (AvgIpc) is 3.23. The Balaban J connectivity index is 1.87. The molecule has 7 nitrogen and oxygen atoms in total. The Bertz CT molecular complexity index is 1080. The summed E-state index contributed by atoms with van der Waals surface area (Å²) in [6.45, 7) is 3.71. The number of rotatable bonds is 7. The van der Waals surface area contributed by atoms with Crippen LogP contribution in [0.15, 0.2) is 36.5 Å². The van der Waals surface area contributed by atoms with Crippen molar-refractivity contribution in [3.63, 3.8) is 0 Å². The Morgan fingerprint density at radius 2 is 2.03 bits per heavy atom. The number of anilines is 1. The van der Waals surface area contributed by atoms with Crippen molar-refractivity contribution in [2.24, 2.45) is 0 Å². The molecule has 0 saturated carbocycles.